The molecule has 0 aliphatic heterocycles. The fourth-order valence-electron chi connectivity index (χ4n) is 9.75. The summed E-state index contributed by atoms with van der Waals surface area (Å²) in [6, 6.07) is 10.5. The Morgan fingerprint density at radius 3 is 0.211 bits per heavy atom. The Morgan fingerprint density at radius 1 is 0.128 bits per heavy atom. The maximum Gasteiger partial charge on any atom is 2.00 e. The maximum atomic E-state index is 15.4. The molecule has 0 aromatic heterocycles. The summed E-state index contributed by atoms with van der Waals surface area (Å²) in [5.74, 6) is -143. The largest absolute Gasteiger partial charge is 2.00 e. The molecule has 49 heteroatoms. The van der Waals surface area contributed by atoms with Gasteiger partial charge in [-0.05, 0) is 0 Å². The molecule has 8 aromatic rings. The van der Waals surface area contributed by atoms with Crippen LogP contribution in [0, 0.1) is 301 Å². The van der Waals surface area contributed by atoms with Gasteiger partial charge >= 0.3 is 17.1 Å². The minimum Gasteiger partial charge on any atom is -0.207 e. The second-order valence-corrected chi connectivity index (χ2v) is 18.9. The van der Waals surface area contributed by atoms with Crippen molar-refractivity contribution in [1.29, 1.82) is 31.6 Å². The van der Waals surface area contributed by atoms with Crippen LogP contribution in [0.5, 0.6) is 0 Å². The molecule has 6 nitrogen and oxygen atoms in total. The van der Waals surface area contributed by atoms with Crippen LogP contribution in [-0.4, -0.2) is 12.3 Å². The van der Waals surface area contributed by atoms with Crippen molar-refractivity contribution in [3.8, 4) is 36.4 Å². The monoisotopic (exact) mass is 1670 g/mol. The summed E-state index contributed by atoms with van der Waals surface area (Å²) in [5.41, 5.74) is -28.7. The first-order chi connectivity index (χ1) is 49.9. The minimum absolute atomic E-state index is 0. The summed E-state index contributed by atoms with van der Waals surface area (Å²) >= 11 is 0. The van der Waals surface area contributed by atoms with E-state index in [1.807, 2.05) is 0 Å². The molecule has 0 atom stereocenters. The van der Waals surface area contributed by atoms with E-state index in [0.29, 0.717) is 0 Å². The van der Waals surface area contributed by atoms with Gasteiger partial charge in [0.1, 0.15) is 105 Å². The third kappa shape index (κ3) is 16.5. The Hall–Kier alpha value is -11.5. The summed E-state index contributed by atoms with van der Waals surface area (Å²) in [6.45, 7) is 8.58. The van der Waals surface area contributed by atoms with Crippen molar-refractivity contribution in [3.63, 3.8) is 0 Å². The molecule has 0 bridgehead atoms. The average molecular weight is 1670 g/mol. The second kappa shape index (κ2) is 38.9. The first-order valence-corrected chi connectivity index (χ1v) is 26.2. The van der Waals surface area contributed by atoms with Crippen molar-refractivity contribution in [2.24, 2.45) is 0 Å². The van der Waals surface area contributed by atoms with Crippen molar-refractivity contribution in [2.75, 3.05) is 0 Å². The first-order valence-electron chi connectivity index (χ1n) is 26.2. The van der Waals surface area contributed by atoms with Crippen LogP contribution in [0.4, 0.5) is 176 Å². The van der Waals surface area contributed by atoms with Gasteiger partial charge in [-0.2, -0.15) is 31.6 Å². The van der Waals surface area contributed by atoms with E-state index in [0.717, 1.165) is 0 Å². The molecule has 0 saturated heterocycles. The van der Waals surface area contributed by atoms with Gasteiger partial charge in [-0.3, -0.25) is 0 Å². The van der Waals surface area contributed by atoms with Crippen molar-refractivity contribution >= 4 is 56.0 Å². The van der Waals surface area contributed by atoms with Crippen LogP contribution in [0.3, 0.4) is 0 Å². The van der Waals surface area contributed by atoms with E-state index in [2.05, 4.69) is 0 Å². The second-order valence-electron chi connectivity index (χ2n) is 18.9. The molecule has 0 N–H and O–H groups in total. The summed E-state index contributed by atoms with van der Waals surface area (Å²) < 4.78 is 588. The van der Waals surface area contributed by atoms with E-state index in [9.17, 15) is 105 Å². The Morgan fingerprint density at radius 2 is 0.165 bits per heavy atom. The SMILES string of the molecule is CC#N.CC#N.CC#N.CC#N.CC#N.CC#N.Fc1c(F)c(F)c([B-](c2c(F)c(F)c(F)c(F)c2F)(c2c(F)c(F)c(F)c(F)c2F)c2c(F)c(F)c(F)c(F)c2F)c(F)c1F.Fc1c(F)c(F)c([B-](c2c(F)c(F)c(F)c(F)c2F)(c2c(F)c(F)c(F)c(F)c2F)c2c(F)c(F)c(F)c(F)c2F)c(F)c1F.[Cu+2]. The topological polar surface area (TPSA) is 143 Å². The van der Waals surface area contributed by atoms with E-state index >= 15 is 70.2 Å². The van der Waals surface area contributed by atoms with Crippen molar-refractivity contribution < 1.29 is 193 Å². The Bertz CT molecular complexity index is 4020. The van der Waals surface area contributed by atoms with Crippen molar-refractivity contribution in [2.45, 2.75) is 41.5 Å². The molecule has 0 aliphatic rings. The quantitative estimate of drug-likeness (QED) is 0.0641. The third-order valence-electron chi connectivity index (χ3n) is 13.4. The van der Waals surface area contributed by atoms with Crippen molar-refractivity contribution in [3.05, 3.63) is 233 Å². The number of benzene rings is 8. The first kappa shape index (κ1) is 97.5. The van der Waals surface area contributed by atoms with Crippen LogP contribution in [-0.2, 0) is 17.1 Å². The molecule has 0 fully saturated rings. The molecule has 1 radical (unpaired) electrons. The van der Waals surface area contributed by atoms with Gasteiger partial charge in [0.05, 0.1) is 36.4 Å². The summed E-state index contributed by atoms with van der Waals surface area (Å²) in [6.07, 6.45) is -14.4. The average Bonchev–Trinajstić information content (AvgIpc) is 0.687. The van der Waals surface area contributed by atoms with Gasteiger partial charge in [-0.25, -0.2) is 176 Å². The smallest absolute Gasteiger partial charge is 0.207 e. The third-order valence-corrected chi connectivity index (χ3v) is 13.4. The molecule has 109 heavy (non-hydrogen) atoms. The van der Waals surface area contributed by atoms with Crippen LogP contribution >= 0.6 is 0 Å². The van der Waals surface area contributed by atoms with Gasteiger partial charge < -0.3 is 0 Å². The van der Waals surface area contributed by atoms with Gasteiger partial charge in [-0.1, -0.05) is 0 Å². The Labute approximate surface area is 589 Å². The van der Waals surface area contributed by atoms with E-state index in [1.54, 1.807) is 36.4 Å². The molecular formula is C60H18B2CuF40N6. The number of nitriles is 6. The fourth-order valence-corrected chi connectivity index (χ4v) is 9.75. The zero-order valence-corrected chi connectivity index (χ0v) is 53.2. The van der Waals surface area contributed by atoms with Crippen LogP contribution in [0.15, 0.2) is 0 Å². The standard InChI is InChI=1S/2C24BF20.6C2H3N.Cu/c2*26-5-1(6(27)14(35)21(42)13(5)34)25(2-7(28)15(36)22(43)16(37)8(2)29,3-9(30)17(38)23(44)18(39)10(3)31)4-11(32)19(40)24(45)20(41)12(4)33;6*1-2-3;/h;;6*1H3;/q2*-1;;;;;;;+2. The molecule has 0 unspecified atom stereocenters. The summed E-state index contributed by atoms with van der Waals surface area (Å²) in [4.78, 5) is 0. The number of rotatable bonds is 8. The van der Waals surface area contributed by atoms with E-state index < -0.39 is 289 Å². The predicted molar refractivity (Wildman–Crippen MR) is 286 cm³/mol. The van der Waals surface area contributed by atoms with E-state index in [-0.39, 0.29) is 17.1 Å². The molecule has 8 aromatic carbocycles. The number of hydrogen-bond acceptors (Lipinski definition) is 6. The molecule has 0 aliphatic carbocycles. The molecule has 0 heterocycles. The van der Waals surface area contributed by atoms with Gasteiger partial charge in [0.15, 0.2) is 140 Å². The van der Waals surface area contributed by atoms with Crippen LogP contribution < -0.4 is 43.7 Å². The molecule has 0 amide bonds. The van der Waals surface area contributed by atoms with Crippen LogP contribution in [0.2, 0.25) is 0 Å². The number of hydrogen-bond donors (Lipinski definition) is 0. The zero-order chi connectivity index (χ0) is 85.0. The van der Waals surface area contributed by atoms with Crippen molar-refractivity contribution in [1.82, 2.24) is 0 Å². The summed E-state index contributed by atoms with van der Waals surface area (Å²) in [5, 5.41) is 43.9. The Balaban J connectivity index is 0.00000174. The van der Waals surface area contributed by atoms with Crippen LogP contribution in [0.25, 0.3) is 0 Å². The molecule has 585 valence electrons. The van der Waals surface area contributed by atoms with Gasteiger partial charge in [-0.15, -0.1) is 43.7 Å². The summed E-state index contributed by atoms with van der Waals surface area (Å²) in [7, 11) is 0. The Kier molecular flexibility index (Phi) is 34.8. The number of halogens is 40. The maximum absolute atomic E-state index is 15.4. The van der Waals surface area contributed by atoms with Crippen LogP contribution in [0.1, 0.15) is 41.5 Å². The molecule has 0 spiro atoms. The van der Waals surface area contributed by atoms with Gasteiger partial charge in [0.25, 0.3) is 0 Å². The fraction of sp³-hybridized carbons (Fsp3) is 0.100. The minimum atomic E-state index is -7.22. The van der Waals surface area contributed by atoms with Gasteiger partial charge in [0.2, 0.25) is 0 Å². The molecular weight excluding hydrogens is 1650 g/mol. The van der Waals surface area contributed by atoms with E-state index in [4.69, 9.17) is 31.6 Å². The molecule has 8 rings (SSSR count). The normalized spacial score (nSPS) is 10.3. The van der Waals surface area contributed by atoms with E-state index in [1.165, 1.54) is 41.5 Å². The zero-order valence-electron chi connectivity index (χ0n) is 52.3. The van der Waals surface area contributed by atoms with Gasteiger partial charge in [0, 0.05) is 41.5 Å². The molecule has 0 saturated carbocycles. The predicted octanol–water partition coefficient (Wildman–Crippen LogP) is 14.9. The number of nitrogens with zero attached hydrogens (tertiary/aromatic N) is 6.